The van der Waals surface area contributed by atoms with Crippen LogP contribution in [0, 0.1) is 24.0 Å². The van der Waals surface area contributed by atoms with Gasteiger partial charge in [0.1, 0.15) is 11.6 Å². The quantitative estimate of drug-likeness (QED) is 0.122. The molecule has 0 radical (unpaired) electrons. The third kappa shape index (κ3) is 8.95. The molecule has 1 saturated carbocycles. The second kappa shape index (κ2) is 14.9. The normalized spacial score (nSPS) is 15.0. The molecule has 0 aliphatic heterocycles. The van der Waals surface area contributed by atoms with Gasteiger partial charge >= 0.3 is 0 Å². The molecule has 0 unspecified atom stereocenters. The van der Waals surface area contributed by atoms with Crippen molar-refractivity contribution in [3.05, 3.63) is 105 Å². The van der Waals surface area contributed by atoms with E-state index < -0.39 is 23.8 Å². The summed E-state index contributed by atoms with van der Waals surface area (Å²) in [5.41, 5.74) is 3.23. The van der Waals surface area contributed by atoms with Crippen LogP contribution in [0.2, 0.25) is 0 Å². The maximum atomic E-state index is 14.0. The third-order valence-electron chi connectivity index (χ3n) is 7.65. The lowest BCUT2D eigenvalue weighted by Crippen LogP contribution is -2.50. The molecule has 4 rings (SSSR count). The Kier molecular flexibility index (Phi) is 11.3. The molecule has 42 heavy (non-hydrogen) atoms. The number of hydrogen-bond acceptors (Lipinski definition) is 4. The lowest BCUT2D eigenvalue weighted by molar-refractivity contribution is 0.0822. The van der Waals surface area contributed by atoms with Crippen molar-refractivity contribution in [1.82, 2.24) is 16.0 Å². The Balaban J connectivity index is 1.48. The summed E-state index contributed by atoms with van der Waals surface area (Å²) >= 11 is 3.50. The van der Waals surface area contributed by atoms with Gasteiger partial charge in [0, 0.05) is 40.3 Å². The molecule has 1 amide bonds. The Hall–Kier alpha value is -3.09. The largest absolute Gasteiger partial charge is 0.390 e. The summed E-state index contributed by atoms with van der Waals surface area (Å²) in [6, 6.07) is 15.7. The monoisotopic (exact) mass is 637 g/mol. The molecule has 3 aromatic rings. The van der Waals surface area contributed by atoms with Crippen molar-refractivity contribution in [3.8, 4) is 12.3 Å². The van der Waals surface area contributed by atoms with Gasteiger partial charge in [0.25, 0.3) is 5.91 Å². The van der Waals surface area contributed by atoms with E-state index in [4.69, 9.17) is 6.42 Å². The number of rotatable bonds is 15. The van der Waals surface area contributed by atoms with Crippen molar-refractivity contribution in [2.24, 2.45) is 0 Å². The van der Waals surface area contributed by atoms with Crippen molar-refractivity contribution in [3.63, 3.8) is 0 Å². The van der Waals surface area contributed by atoms with E-state index >= 15 is 0 Å². The maximum absolute atomic E-state index is 14.0. The predicted molar refractivity (Wildman–Crippen MR) is 166 cm³/mol. The molecule has 4 N–H and O–H groups in total. The highest BCUT2D eigenvalue weighted by Gasteiger charge is 2.44. The van der Waals surface area contributed by atoms with Crippen LogP contribution in [0.5, 0.6) is 0 Å². The van der Waals surface area contributed by atoms with Crippen LogP contribution in [0.25, 0.3) is 0 Å². The number of amides is 1. The van der Waals surface area contributed by atoms with Crippen LogP contribution in [0.4, 0.5) is 8.78 Å². The number of hydrogen-bond donors (Lipinski definition) is 4. The number of aliphatic hydroxyl groups is 1. The van der Waals surface area contributed by atoms with Crippen LogP contribution in [0.3, 0.4) is 0 Å². The first-order valence-corrected chi connectivity index (χ1v) is 15.3. The molecule has 3 aromatic carbocycles. The fourth-order valence-corrected chi connectivity index (χ4v) is 5.72. The summed E-state index contributed by atoms with van der Waals surface area (Å²) in [6.45, 7) is 3.83. The predicted octanol–water partition coefficient (Wildman–Crippen LogP) is 5.97. The molecule has 8 heteroatoms. The van der Waals surface area contributed by atoms with Crippen LogP contribution >= 0.6 is 15.9 Å². The molecule has 0 heterocycles. The van der Waals surface area contributed by atoms with E-state index in [-0.39, 0.29) is 24.4 Å². The van der Waals surface area contributed by atoms with Gasteiger partial charge in [-0.3, -0.25) is 4.79 Å². The average Bonchev–Trinajstić information content (AvgIpc) is 3.76. The minimum atomic E-state index is -1.04. The fourth-order valence-electron chi connectivity index (χ4n) is 5.18. The number of nitrogens with one attached hydrogen (secondary N) is 3. The first-order chi connectivity index (χ1) is 20.2. The Morgan fingerprint density at radius 2 is 1.83 bits per heavy atom. The van der Waals surface area contributed by atoms with Gasteiger partial charge in [0.15, 0.2) is 0 Å². The van der Waals surface area contributed by atoms with Crippen LogP contribution < -0.4 is 16.0 Å². The lowest BCUT2D eigenvalue weighted by Gasteiger charge is -2.27. The molecule has 2 atom stereocenters. The summed E-state index contributed by atoms with van der Waals surface area (Å²) in [6.07, 6.45) is 9.74. The highest BCUT2D eigenvalue weighted by Crippen LogP contribution is 2.45. The number of carbonyl (C=O) groups is 1. The summed E-state index contributed by atoms with van der Waals surface area (Å²) < 4.78 is 28.8. The zero-order valence-corrected chi connectivity index (χ0v) is 25.4. The molecule has 0 bridgehead atoms. The smallest absolute Gasteiger partial charge is 0.251 e. The second-order valence-corrected chi connectivity index (χ2v) is 12.0. The molecule has 0 spiro atoms. The fraction of sp³-hybridized carbons (Fsp3) is 0.382. The first-order valence-electron chi connectivity index (χ1n) is 14.5. The van der Waals surface area contributed by atoms with E-state index in [9.17, 15) is 18.7 Å². The zero-order chi connectivity index (χ0) is 30.1. The Labute approximate surface area is 255 Å². The number of carbonyl (C=O) groups excluding carboxylic acids is 1. The van der Waals surface area contributed by atoms with E-state index in [0.29, 0.717) is 17.7 Å². The van der Waals surface area contributed by atoms with Crippen molar-refractivity contribution < 1.29 is 18.7 Å². The van der Waals surface area contributed by atoms with Gasteiger partial charge in [-0.2, -0.15) is 0 Å². The van der Waals surface area contributed by atoms with E-state index in [1.807, 2.05) is 36.4 Å². The SMILES string of the molecule is C#Cc1cccc(C2(NC[C@@H](O)[C@H](Cc3cc(F)cc(F)c3)NC(=O)c3cc(Br)cc(CNCCCCC)c3)CC2)c1. The number of halogens is 3. The molecule has 1 aliphatic rings. The molecule has 222 valence electrons. The second-order valence-electron chi connectivity index (χ2n) is 11.0. The summed E-state index contributed by atoms with van der Waals surface area (Å²) in [5.74, 6) is 0.852. The van der Waals surface area contributed by atoms with Gasteiger partial charge < -0.3 is 21.1 Å². The van der Waals surface area contributed by atoms with Crippen LogP contribution in [-0.2, 0) is 18.5 Å². The number of benzene rings is 3. The molecular weight excluding hydrogens is 600 g/mol. The van der Waals surface area contributed by atoms with Gasteiger partial charge in [-0.25, -0.2) is 8.78 Å². The average molecular weight is 639 g/mol. The highest BCUT2D eigenvalue weighted by molar-refractivity contribution is 9.10. The minimum Gasteiger partial charge on any atom is -0.390 e. The Morgan fingerprint density at radius 3 is 2.52 bits per heavy atom. The van der Waals surface area contributed by atoms with Crippen molar-refractivity contribution in [2.75, 3.05) is 13.1 Å². The number of terminal acetylenes is 1. The van der Waals surface area contributed by atoms with E-state index in [0.717, 1.165) is 65.9 Å². The third-order valence-corrected chi connectivity index (χ3v) is 8.10. The molecule has 1 fully saturated rings. The van der Waals surface area contributed by atoms with E-state index in [2.05, 4.69) is 44.7 Å². The zero-order valence-electron chi connectivity index (χ0n) is 23.9. The van der Waals surface area contributed by atoms with Gasteiger partial charge in [-0.05, 0) is 91.4 Å². The minimum absolute atomic E-state index is 0.0443. The summed E-state index contributed by atoms with van der Waals surface area (Å²) in [5, 5.41) is 21.1. The molecule has 5 nitrogen and oxygen atoms in total. The molecule has 1 aliphatic carbocycles. The van der Waals surface area contributed by atoms with Gasteiger partial charge in [0.2, 0.25) is 0 Å². The molecular formula is C34H38BrF2N3O2. The Morgan fingerprint density at radius 1 is 1.07 bits per heavy atom. The van der Waals surface area contributed by atoms with Crippen molar-refractivity contribution in [2.45, 2.75) is 69.7 Å². The van der Waals surface area contributed by atoms with E-state index in [1.54, 1.807) is 6.07 Å². The Bertz CT molecular complexity index is 1400. The summed E-state index contributed by atoms with van der Waals surface area (Å²) in [7, 11) is 0. The van der Waals surface area contributed by atoms with Gasteiger partial charge in [-0.1, -0.05) is 53.7 Å². The van der Waals surface area contributed by atoms with Gasteiger partial charge in [0.05, 0.1) is 12.1 Å². The lowest BCUT2D eigenvalue weighted by atomic mass is 9.98. The topological polar surface area (TPSA) is 73.4 Å². The number of aliphatic hydroxyl groups excluding tert-OH is 1. The first kappa shape index (κ1) is 31.8. The highest BCUT2D eigenvalue weighted by atomic mass is 79.9. The van der Waals surface area contributed by atoms with Crippen LogP contribution in [0.15, 0.2) is 65.1 Å². The van der Waals surface area contributed by atoms with Crippen molar-refractivity contribution in [1.29, 1.82) is 0 Å². The number of unbranched alkanes of at least 4 members (excludes halogenated alkanes) is 2. The summed E-state index contributed by atoms with van der Waals surface area (Å²) in [4.78, 5) is 13.5. The standard InChI is InChI=1S/C34H38BrF2N3O2/c1-3-5-6-12-38-21-25-13-26(19-28(35)15-25)33(42)40-31(18-24-16-29(36)20-30(37)17-24)32(41)22-39-34(10-11-34)27-9-7-8-23(4-2)14-27/h2,7-9,13-17,19-20,31-32,38-39,41H,3,5-6,10-12,18,21-22H2,1H3,(H,40,42)/t31-,32+/m0/s1. The van der Waals surface area contributed by atoms with Crippen LogP contribution in [-0.4, -0.2) is 36.2 Å². The van der Waals surface area contributed by atoms with E-state index in [1.165, 1.54) is 12.1 Å². The molecule has 0 aromatic heterocycles. The maximum Gasteiger partial charge on any atom is 0.251 e. The van der Waals surface area contributed by atoms with Gasteiger partial charge in [-0.15, -0.1) is 6.42 Å². The molecule has 0 saturated heterocycles. The van der Waals surface area contributed by atoms with Crippen LogP contribution in [0.1, 0.15) is 71.6 Å². The van der Waals surface area contributed by atoms with Crippen molar-refractivity contribution >= 4 is 21.8 Å².